The highest BCUT2D eigenvalue weighted by Crippen LogP contribution is 2.45. The minimum absolute atomic E-state index is 0.209. The van der Waals surface area contributed by atoms with Crippen molar-refractivity contribution in [1.29, 1.82) is 0 Å². The van der Waals surface area contributed by atoms with E-state index >= 15 is 0 Å². The van der Waals surface area contributed by atoms with Crippen LogP contribution >= 0.6 is 0 Å². The third-order valence-corrected chi connectivity index (χ3v) is 6.10. The Labute approximate surface area is 119 Å². The van der Waals surface area contributed by atoms with E-state index in [2.05, 4.69) is 0 Å². The number of aryl methyl sites for hydroxylation is 1. The highest BCUT2D eigenvalue weighted by atomic mass is 32.2. The van der Waals surface area contributed by atoms with Crippen molar-refractivity contribution >= 4 is 10.1 Å². The van der Waals surface area contributed by atoms with Crippen LogP contribution in [0.25, 0.3) is 0 Å². The molecule has 1 aromatic rings. The molecular formula is C15H20O4S. The van der Waals surface area contributed by atoms with Gasteiger partial charge < -0.3 is 5.11 Å². The van der Waals surface area contributed by atoms with Gasteiger partial charge in [0.25, 0.3) is 10.1 Å². The number of hydrogen-bond acceptors (Lipinski definition) is 4. The lowest BCUT2D eigenvalue weighted by molar-refractivity contribution is 0.152. The quantitative estimate of drug-likeness (QED) is 0.869. The second kappa shape index (κ2) is 5.13. The predicted octanol–water partition coefficient (Wildman–Crippen LogP) is 2.25. The topological polar surface area (TPSA) is 63.6 Å². The summed E-state index contributed by atoms with van der Waals surface area (Å²) in [6.45, 7) is 1.77. The maximum absolute atomic E-state index is 12.3. The van der Waals surface area contributed by atoms with Crippen LogP contribution in [-0.2, 0) is 14.3 Å². The van der Waals surface area contributed by atoms with Crippen molar-refractivity contribution in [3.63, 3.8) is 0 Å². The lowest BCUT2D eigenvalue weighted by Gasteiger charge is -2.14. The smallest absolute Gasteiger partial charge is 0.297 e. The van der Waals surface area contributed by atoms with Crippen molar-refractivity contribution in [2.75, 3.05) is 0 Å². The van der Waals surface area contributed by atoms with Crippen molar-refractivity contribution in [3.05, 3.63) is 29.8 Å². The number of benzene rings is 1. The summed E-state index contributed by atoms with van der Waals surface area (Å²) in [6, 6.07) is 6.89. The first-order valence-electron chi connectivity index (χ1n) is 7.12. The van der Waals surface area contributed by atoms with Gasteiger partial charge in [-0.3, -0.25) is 4.18 Å². The Balaban J connectivity index is 1.71. The number of aliphatic hydroxyl groups is 1. The average molecular weight is 296 g/mol. The molecule has 0 amide bonds. The van der Waals surface area contributed by atoms with Gasteiger partial charge in [0.1, 0.15) is 0 Å². The lowest BCUT2D eigenvalue weighted by atomic mass is 10.0. The van der Waals surface area contributed by atoms with Crippen molar-refractivity contribution in [3.8, 4) is 0 Å². The highest BCUT2D eigenvalue weighted by Gasteiger charge is 2.43. The molecule has 0 heterocycles. The molecule has 4 nitrogen and oxygen atoms in total. The summed E-state index contributed by atoms with van der Waals surface area (Å²) in [5.74, 6) is 0.837. The van der Waals surface area contributed by atoms with Gasteiger partial charge in [-0.05, 0) is 56.1 Å². The van der Waals surface area contributed by atoms with E-state index in [4.69, 9.17) is 4.18 Å². The van der Waals surface area contributed by atoms with Gasteiger partial charge in [-0.2, -0.15) is 8.42 Å². The van der Waals surface area contributed by atoms with Gasteiger partial charge in [0.05, 0.1) is 17.1 Å². The van der Waals surface area contributed by atoms with Gasteiger partial charge in [-0.1, -0.05) is 18.2 Å². The van der Waals surface area contributed by atoms with Crippen LogP contribution in [0.3, 0.4) is 0 Å². The van der Waals surface area contributed by atoms with Gasteiger partial charge in [-0.15, -0.1) is 0 Å². The van der Waals surface area contributed by atoms with Gasteiger partial charge in [0, 0.05) is 0 Å². The Morgan fingerprint density at radius 3 is 2.30 bits per heavy atom. The van der Waals surface area contributed by atoms with E-state index in [0.29, 0.717) is 17.4 Å². The van der Waals surface area contributed by atoms with Crippen LogP contribution in [0, 0.1) is 18.8 Å². The van der Waals surface area contributed by atoms with Gasteiger partial charge in [0.15, 0.2) is 0 Å². The monoisotopic (exact) mass is 296 g/mol. The molecule has 1 aromatic carbocycles. The number of hydrogen-bond donors (Lipinski definition) is 1. The van der Waals surface area contributed by atoms with E-state index in [-0.39, 0.29) is 17.1 Å². The molecule has 2 aliphatic carbocycles. The van der Waals surface area contributed by atoms with Crippen LogP contribution < -0.4 is 0 Å². The Bertz CT molecular complexity index is 582. The van der Waals surface area contributed by atoms with Crippen molar-refractivity contribution in [2.24, 2.45) is 11.8 Å². The van der Waals surface area contributed by atoms with E-state index < -0.39 is 10.1 Å². The summed E-state index contributed by atoms with van der Waals surface area (Å²) in [6.07, 6.45) is 2.62. The molecular weight excluding hydrogens is 276 g/mol. The minimum Gasteiger partial charge on any atom is -0.393 e. The third kappa shape index (κ3) is 2.62. The lowest BCUT2D eigenvalue weighted by Crippen LogP contribution is -2.18. The molecule has 0 spiro atoms. The fourth-order valence-corrected chi connectivity index (χ4v) is 5.00. The van der Waals surface area contributed by atoms with Crippen LogP contribution in [0.15, 0.2) is 29.2 Å². The standard InChI is InChI=1S/C15H20O4S/c1-10-4-2-3-5-15(10)20(17,18)19-14-8-11-6-13(16)7-12(11)9-14/h2-5,11-14,16H,6-9H2,1H3/t11-,12+,13?,14?. The molecule has 4 atom stereocenters. The first-order chi connectivity index (χ1) is 9.45. The molecule has 110 valence electrons. The van der Waals surface area contributed by atoms with Crippen molar-refractivity contribution < 1.29 is 17.7 Å². The Hall–Kier alpha value is -0.910. The molecule has 0 bridgehead atoms. The molecule has 3 rings (SSSR count). The molecule has 5 heteroatoms. The van der Waals surface area contributed by atoms with Crippen molar-refractivity contribution in [2.45, 2.75) is 49.7 Å². The van der Waals surface area contributed by atoms with E-state index in [9.17, 15) is 13.5 Å². The fourth-order valence-electron chi connectivity index (χ4n) is 3.68. The van der Waals surface area contributed by atoms with E-state index in [1.807, 2.05) is 6.07 Å². The van der Waals surface area contributed by atoms with Crippen LogP contribution in [0.5, 0.6) is 0 Å². The predicted molar refractivity (Wildman–Crippen MR) is 74.7 cm³/mol. The summed E-state index contributed by atoms with van der Waals surface area (Å²) >= 11 is 0. The normalized spacial score (nSPS) is 33.3. The third-order valence-electron chi connectivity index (χ3n) is 4.57. The maximum atomic E-state index is 12.3. The summed E-state index contributed by atoms with van der Waals surface area (Å²) in [7, 11) is -3.68. The highest BCUT2D eigenvalue weighted by molar-refractivity contribution is 7.86. The molecule has 2 saturated carbocycles. The molecule has 2 unspecified atom stereocenters. The second-order valence-electron chi connectivity index (χ2n) is 6.05. The molecule has 2 aliphatic rings. The largest absolute Gasteiger partial charge is 0.393 e. The summed E-state index contributed by atoms with van der Waals surface area (Å²) in [4.78, 5) is 0.261. The van der Waals surface area contributed by atoms with Crippen LogP contribution in [0.2, 0.25) is 0 Å². The molecule has 20 heavy (non-hydrogen) atoms. The van der Waals surface area contributed by atoms with Crippen LogP contribution in [-0.4, -0.2) is 25.7 Å². The molecule has 1 N–H and O–H groups in total. The summed E-state index contributed by atoms with van der Waals surface area (Å²) in [5, 5.41) is 9.61. The zero-order valence-corrected chi connectivity index (χ0v) is 12.3. The summed E-state index contributed by atoms with van der Waals surface area (Å²) in [5.41, 5.74) is 0.709. The summed E-state index contributed by atoms with van der Waals surface area (Å²) < 4.78 is 30.1. The first-order valence-corrected chi connectivity index (χ1v) is 8.53. The Morgan fingerprint density at radius 2 is 1.70 bits per heavy atom. The molecule has 0 saturated heterocycles. The zero-order chi connectivity index (χ0) is 14.3. The number of fused-ring (bicyclic) bond motifs is 1. The molecule has 0 aromatic heterocycles. The Morgan fingerprint density at radius 1 is 1.10 bits per heavy atom. The van der Waals surface area contributed by atoms with E-state index in [0.717, 1.165) is 25.7 Å². The average Bonchev–Trinajstić information content (AvgIpc) is 2.85. The number of rotatable bonds is 3. The zero-order valence-electron chi connectivity index (χ0n) is 11.5. The second-order valence-corrected chi connectivity index (χ2v) is 7.60. The van der Waals surface area contributed by atoms with Gasteiger partial charge in [0.2, 0.25) is 0 Å². The maximum Gasteiger partial charge on any atom is 0.297 e. The van der Waals surface area contributed by atoms with Crippen LogP contribution in [0.4, 0.5) is 0 Å². The molecule has 2 fully saturated rings. The molecule has 0 aliphatic heterocycles. The fraction of sp³-hybridized carbons (Fsp3) is 0.600. The van der Waals surface area contributed by atoms with Gasteiger partial charge in [-0.25, -0.2) is 0 Å². The Kier molecular flexibility index (Phi) is 3.60. The minimum atomic E-state index is -3.68. The molecule has 0 radical (unpaired) electrons. The number of aliphatic hydroxyl groups excluding tert-OH is 1. The first kappa shape index (κ1) is 14.0. The van der Waals surface area contributed by atoms with Crippen LogP contribution in [0.1, 0.15) is 31.2 Å². The van der Waals surface area contributed by atoms with E-state index in [1.165, 1.54) is 0 Å². The SMILES string of the molecule is Cc1ccccc1S(=O)(=O)OC1C[C@H]2CC(O)C[C@H]2C1. The van der Waals surface area contributed by atoms with E-state index in [1.54, 1.807) is 25.1 Å². The van der Waals surface area contributed by atoms with Crippen molar-refractivity contribution in [1.82, 2.24) is 0 Å². The van der Waals surface area contributed by atoms with Gasteiger partial charge >= 0.3 is 0 Å².